The minimum absolute atomic E-state index is 0.310. The van der Waals surface area contributed by atoms with Crippen molar-refractivity contribution in [2.24, 2.45) is 0 Å². The smallest absolute Gasteiger partial charge is 0.124 e. The third-order valence-corrected chi connectivity index (χ3v) is 4.46. The maximum atomic E-state index is 13.1. The van der Waals surface area contributed by atoms with Gasteiger partial charge in [0, 0.05) is 18.7 Å². The molecule has 0 unspecified atom stereocenters. The molecule has 0 aromatic heterocycles. The van der Waals surface area contributed by atoms with E-state index in [0.717, 1.165) is 24.4 Å². The van der Waals surface area contributed by atoms with Crippen LogP contribution >= 0.6 is 11.6 Å². The summed E-state index contributed by atoms with van der Waals surface area (Å²) >= 11 is 6.01. The van der Waals surface area contributed by atoms with E-state index in [4.69, 9.17) is 16.3 Å². The molecule has 0 radical (unpaired) electrons. The summed E-state index contributed by atoms with van der Waals surface area (Å²) in [6, 6.07) is 20.8. The van der Waals surface area contributed by atoms with E-state index in [0.29, 0.717) is 11.6 Å². The Labute approximate surface area is 158 Å². The molecule has 1 N–H and O–H groups in total. The summed E-state index contributed by atoms with van der Waals surface area (Å²) in [4.78, 5) is 0. The Kier molecular flexibility index (Phi) is 6.26. The summed E-state index contributed by atoms with van der Waals surface area (Å²) in [7, 11) is 0. The van der Waals surface area contributed by atoms with Gasteiger partial charge < -0.3 is 10.1 Å². The predicted molar refractivity (Wildman–Crippen MR) is 104 cm³/mol. The van der Waals surface area contributed by atoms with Gasteiger partial charge in [0.1, 0.15) is 18.2 Å². The highest BCUT2D eigenvalue weighted by Crippen LogP contribution is 2.20. The lowest BCUT2D eigenvalue weighted by Gasteiger charge is -2.09. The van der Waals surface area contributed by atoms with E-state index in [9.17, 15) is 4.39 Å². The van der Waals surface area contributed by atoms with Gasteiger partial charge in [-0.05, 0) is 42.3 Å². The van der Waals surface area contributed by atoms with Gasteiger partial charge in [0.25, 0.3) is 0 Å². The fourth-order valence-corrected chi connectivity index (χ4v) is 2.78. The van der Waals surface area contributed by atoms with Crippen LogP contribution in [0, 0.1) is 12.7 Å². The summed E-state index contributed by atoms with van der Waals surface area (Å²) in [6.07, 6.45) is 0. The van der Waals surface area contributed by atoms with Crippen molar-refractivity contribution in [3.8, 4) is 5.75 Å². The van der Waals surface area contributed by atoms with Crippen LogP contribution in [-0.2, 0) is 19.7 Å². The minimum Gasteiger partial charge on any atom is -0.489 e. The fourth-order valence-electron chi connectivity index (χ4n) is 2.56. The number of aryl methyl sites for hydroxylation is 1. The van der Waals surface area contributed by atoms with E-state index in [1.165, 1.54) is 28.8 Å². The molecule has 3 aromatic rings. The molecule has 0 heterocycles. The molecule has 0 amide bonds. The quantitative estimate of drug-likeness (QED) is 0.580. The molecule has 0 saturated heterocycles. The van der Waals surface area contributed by atoms with Crippen LogP contribution in [0.5, 0.6) is 5.75 Å². The van der Waals surface area contributed by atoms with Crippen molar-refractivity contribution in [3.63, 3.8) is 0 Å². The van der Waals surface area contributed by atoms with Crippen molar-refractivity contribution < 1.29 is 9.13 Å². The monoisotopic (exact) mass is 369 g/mol. The summed E-state index contributed by atoms with van der Waals surface area (Å²) in [5.74, 6) is 0.411. The van der Waals surface area contributed by atoms with Gasteiger partial charge in [-0.25, -0.2) is 4.39 Å². The molecule has 0 aliphatic carbocycles. The zero-order valence-corrected chi connectivity index (χ0v) is 15.4. The topological polar surface area (TPSA) is 21.3 Å². The van der Waals surface area contributed by atoms with E-state index in [-0.39, 0.29) is 5.82 Å². The molecular formula is C22H21ClFNO. The highest BCUT2D eigenvalue weighted by atomic mass is 35.5. The van der Waals surface area contributed by atoms with Crippen LogP contribution in [0.2, 0.25) is 5.02 Å². The van der Waals surface area contributed by atoms with Crippen LogP contribution in [0.3, 0.4) is 0 Å². The van der Waals surface area contributed by atoms with Gasteiger partial charge in [-0.3, -0.25) is 0 Å². The van der Waals surface area contributed by atoms with E-state index in [2.05, 4.69) is 36.5 Å². The number of hydrogen-bond donors (Lipinski definition) is 1. The summed E-state index contributed by atoms with van der Waals surface area (Å²) in [6.45, 7) is 4.02. The maximum absolute atomic E-state index is 13.1. The van der Waals surface area contributed by atoms with E-state index in [1.807, 2.05) is 24.3 Å². The Balaban J connectivity index is 1.47. The van der Waals surface area contributed by atoms with Crippen molar-refractivity contribution >= 4 is 11.6 Å². The number of ether oxygens (including phenoxy) is 1. The normalized spacial score (nSPS) is 10.7. The van der Waals surface area contributed by atoms with Gasteiger partial charge in [0.05, 0.1) is 5.02 Å². The predicted octanol–water partition coefficient (Wildman–Crippen LogP) is 5.66. The Hall–Kier alpha value is -2.36. The third-order valence-electron chi connectivity index (χ3n) is 4.11. The van der Waals surface area contributed by atoms with Crippen LogP contribution in [-0.4, -0.2) is 0 Å². The van der Waals surface area contributed by atoms with Gasteiger partial charge in [-0.1, -0.05) is 59.6 Å². The van der Waals surface area contributed by atoms with Gasteiger partial charge in [-0.15, -0.1) is 0 Å². The largest absolute Gasteiger partial charge is 0.489 e. The highest BCUT2D eigenvalue weighted by Gasteiger charge is 2.03. The van der Waals surface area contributed by atoms with Crippen LogP contribution in [0.1, 0.15) is 22.3 Å². The van der Waals surface area contributed by atoms with Crippen molar-refractivity contribution in [1.82, 2.24) is 5.32 Å². The lowest BCUT2D eigenvalue weighted by Crippen LogP contribution is -2.12. The van der Waals surface area contributed by atoms with E-state index >= 15 is 0 Å². The van der Waals surface area contributed by atoms with Crippen molar-refractivity contribution in [2.75, 3.05) is 0 Å². The number of halogens is 2. The molecule has 134 valence electrons. The van der Waals surface area contributed by atoms with Crippen LogP contribution in [0.4, 0.5) is 4.39 Å². The van der Waals surface area contributed by atoms with Gasteiger partial charge in [-0.2, -0.15) is 0 Å². The minimum atomic E-state index is -0.346. The van der Waals surface area contributed by atoms with E-state index < -0.39 is 0 Å². The Morgan fingerprint density at radius 1 is 0.885 bits per heavy atom. The molecule has 2 nitrogen and oxygen atoms in total. The Bertz CT molecular complexity index is 847. The molecule has 3 aromatic carbocycles. The second-order valence-electron chi connectivity index (χ2n) is 6.26. The molecule has 0 saturated carbocycles. The van der Waals surface area contributed by atoms with Gasteiger partial charge in [0.15, 0.2) is 0 Å². The Morgan fingerprint density at radius 2 is 1.50 bits per heavy atom. The lowest BCUT2D eigenvalue weighted by molar-refractivity contribution is 0.306. The summed E-state index contributed by atoms with van der Waals surface area (Å²) < 4.78 is 18.8. The zero-order chi connectivity index (χ0) is 18.4. The number of nitrogens with one attached hydrogen (secondary N) is 1. The SMILES string of the molecule is Cc1ccc(CNCc2ccc(OCc3ccc(F)cc3Cl)cc2)cc1. The highest BCUT2D eigenvalue weighted by molar-refractivity contribution is 6.31. The molecule has 0 atom stereocenters. The summed E-state index contributed by atoms with van der Waals surface area (Å²) in [5, 5.41) is 3.81. The fraction of sp³-hybridized carbons (Fsp3) is 0.182. The maximum Gasteiger partial charge on any atom is 0.124 e. The molecular weight excluding hydrogens is 349 g/mol. The first kappa shape index (κ1) is 18.4. The van der Waals surface area contributed by atoms with Gasteiger partial charge in [0.2, 0.25) is 0 Å². The first-order valence-corrected chi connectivity index (χ1v) is 8.90. The molecule has 0 aliphatic heterocycles. The van der Waals surface area contributed by atoms with Gasteiger partial charge >= 0.3 is 0 Å². The number of hydrogen-bond acceptors (Lipinski definition) is 2. The summed E-state index contributed by atoms with van der Waals surface area (Å²) in [5.41, 5.74) is 4.49. The van der Waals surface area contributed by atoms with Crippen molar-refractivity contribution in [2.45, 2.75) is 26.6 Å². The first-order valence-electron chi connectivity index (χ1n) is 8.52. The molecule has 0 fully saturated rings. The van der Waals surface area contributed by atoms with Crippen LogP contribution in [0.25, 0.3) is 0 Å². The molecule has 0 spiro atoms. The third kappa shape index (κ3) is 5.32. The molecule has 3 rings (SSSR count). The molecule has 0 bridgehead atoms. The lowest BCUT2D eigenvalue weighted by atomic mass is 10.1. The number of benzene rings is 3. The number of rotatable bonds is 7. The molecule has 0 aliphatic rings. The second-order valence-corrected chi connectivity index (χ2v) is 6.66. The average molecular weight is 370 g/mol. The van der Waals surface area contributed by atoms with Crippen molar-refractivity contribution in [3.05, 3.63) is 99.8 Å². The second kappa shape index (κ2) is 8.84. The molecule has 4 heteroatoms. The van der Waals surface area contributed by atoms with Crippen LogP contribution < -0.4 is 10.1 Å². The Morgan fingerprint density at radius 3 is 2.12 bits per heavy atom. The van der Waals surface area contributed by atoms with E-state index in [1.54, 1.807) is 6.07 Å². The standard InChI is InChI=1S/C22H21ClFNO/c1-16-2-4-17(5-3-16)13-25-14-18-6-10-21(11-7-18)26-15-19-8-9-20(24)12-22(19)23/h2-12,25H,13-15H2,1H3. The zero-order valence-electron chi connectivity index (χ0n) is 14.6. The van der Waals surface area contributed by atoms with Crippen molar-refractivity contribution in [1.29, 1.82) is 0 Å². The average Bonchev–Trinajstić information content (AvgIpc) is 2.64. The first-order chi connectivity index (χ1) is 12.6. The molecule has 26 heavy (non-hydrogen) atoms. The van der Waals surface area contributed by atoms with Crippen LogP contribution in [0.15, 0.2) is 66.7 Å².